The van der Waals surface area contributed by atoms with Gasteiger partial charge in [-0.1, -0.05) is 66.7 Å². The van der Waals surface area contributed by atoms with Crippen molar-refractivity contribution in [2.75, 3.05) is 0 Å². The van der Waals surface area contributed by atoms with Crippen LogP contribution in [0.2, 0.25) is 0 Å². The fourth-order valence-electron chi connectivity index (χ4n) is 2.29. The second-order valence-electron chi connectivity index (χ2n) is 4.79. The van der Waals surface area contributed by atoms with Gasteiger partial charge in [0.25, 0.3) is 0 Å². The van der Waals surface area contributed by atoms with Crippen molar-refractivity contribution in [3.05, 3.63) is 84.4 Å². The van der Waals surface area contributed by atoms with Crippen LogP contribution in [0.3, 0.4) is 0 Å². The van der Waals surface area contributed by atoms with Gasteiger partial charge < -0.3 is 5.32 Å². The zero-order chi connectivity index (χ0) is 13.5. The minimum atomic E-state index is 0.314. The third kappa shape index (κ3) is 3.80. The van der Waals surface area contributed by atoms with E-state index < -0.39 is 0 Å². The Morgan fingerprint density at radius 3 is 2.00 bits per heavy atom. The lowest BCUT2D eigenvalue weighted by atomic mass is 10.0. The highest BCUT2D eigenvalue weighted by Crippen LogP contribution is 2.22. The van der Waals surface area contributed by atoms with Gasteiger partial charge in [0.2, 0.25) is 0 Å². The van der Waals surface area contributed by atoms with Crippen LogP contribution < -0.4 is 5.32 Å². The van der Waals surface area contributed by atoms with Gasteiger partial charge in [-0.05, 0) is 24.5 Å². The van der Waals surface area contributed by atoms with E-state index in [1.807, 2.05) is 6.08 Å². The van der Waals surface area contributed by atoms with E-state index in [1.165, 1.54) is 11.1 Å². The van der Waals surface area contributed by atoms with E-state index in [9.17, 15) is 0 Å². The molecule has 2 aromatic rings. The number of hydrogen-bond donors (Lipinski definition) is 1. The summed E-state index contributed by atoms with van der Waals surface area (Å²) in [6, 6.07) is 21.7. The summed E-state index contributed by atoms with van der Waals surface area (Å²) in [7, 11) is 0. The predicted octanol–water partition coefficient (Wildman–Crippen LogP) is 4.65. The first-order chi connectivity index (χ1) is 9.31. The molecule has 0 fully saturated rings. The first kappa shape index (κ1) is 13.6. The molecule has 2 atom stereocenters. The molecule has 2 unspecified atom stereocenters. The quantitative estimate of drug-likeness (QED) is 0.737. The van der Waals surface area contributed by atoms with Crippen LogP contribution in [-0.2, 0) is 0 Å². The fraction of sp³-hybridized carbons (Fsp3) is 0.222. The van der Waals surface area contributed by atoms with Gasteiger partial charge in [0.05, 0.1) is 0 Å². The van der Waals surface area contributed by atoms with Crippen molar-refractivity contribution in [1.29, 1.82) is 0 Å². The van der Waals surface area contributed by atoms with Gasteiger partial charge in [0.15, 0.2) is 0 Å². The Kier molecular flexibility index (Phi) is 4.93. The Morgan fingerprint density at radius 1 is 0.947 bits per heavy atom. The molecule has 98 valence electrons. The molecular weight excluding hydrogens is 230 g/mol. The maximum atomic E-state index is 3.87. The standard InChI is InChI=1S/C18H21N/c1-3-10-18(17-13-8-5-9-14-17)19-15(2)16-11-6-4-7-12-16/h3-9,11-15,18-19H,1,10H2,2H3. The van der Waals surface area contributed by atoms with Crippen LogP contribution in [0.5, 0.6) is 0 Å². The highest BCUT2D eigenvalue weighted by atomic mass is 14.9. The monoisotopic (exact) mass is 251 g/mol. The highest BCUT2D eigenvalue weighted by molar-refractivity contribution is 5.22. The molecule has 0 aliphatic heterocycles. The Morgan fingerprint density at radius 2 is 1.47 bits per heavy atom. The molecule has 0 radical (unpaired) electrons. The van der Waals surface area contributed by atoms with Crippen LogP contribution in [0.1, 0.15) is 36.6 Å². The largest absolute Gasteiger partial charge is 0.303 e. The average Bonchev–Trinajstić information content (AvgIpc) is 2.48. The molecule has 0 aliphatic carbocycles. The van der Waals surface area contributed by atoms with Crippen LogP contribution >= 0.6 is 0 Å². The Balaban J connectivity index is 2.11. The first-order valence-electron chi connectivity index (χ1n) is 6.78. The fourth-order valence-corrected chi connectivity index (χ4v) is 2.29. The van der Waals surface area contributed by atoms with Crippen molar-refractivity contribution in [3.8, 4) is 0 Å². The summed E-state index contributed by atoms with van der Waals surface area (Å²) < 4.78 is 0. The van der Waals surface area contributed by atoms with Crippen molar-refractivity contribution in [2.45, 2.75) is 25.4 Å². The van der Waals surface area contributed by atoms with Crippen LogP contribution in [0, 0.1) is 0 Å². The van der Waals surface area contributed by atoms with Crippen LogP contribution in [0.25, 0.3) is 0 Å². The average molecular weight is 251 g/mol. The molecule has 19 heavy (non-hydrogen) atoms. The summed E-state index contributed by atoms with van der Waals surface area (Å²) in [4.78, 5) is 0. The van der Waals surface area contributed by atoms with Gasteiger partial charge in [-0.3, -0.25) is 0 Å². The Hall–Kier alpha value is -1.86. The SMILES string of the molecule is C=CCC(NC(C)c1ccccc1)c1ccccc1. The lowest BCUT2D eigenvalue weighted by Crippen LogP contribution is -2.24. The van der Waals surface area contributed by atoms with Gasteiger partial charge in [-0.25, -0.2) is 0 Å². The van der Waals surface area contributed by atoms with Gasteiger partial charge in [0.1, 0.15) is 0 Å². The molecule has 1 heteroatoms. The summed E-state index contributed by atoms with van der Waals surface area (Å²) in [5.41, 5.74) is 2.62. The molecule has 2 rings (SSSR count). The van der Waals surface area contributed by atoms with E-state index in [1.54, 1.807) is 0 Å². The molecule has 0 saturated heterocycles. The number of benzene rings is 2. The molecule has 0 aliphatic rings. The Labute approximate surface area is 116 Å². The second kappa shape index (κ2) is 6.91. The first-order valence-corrected chi connectivity index (χ1v) is 6.78. The van der Waals surface area contributed by atoms with E-state index in [4.69, 9.17) is 0 Å². The third-order valence-corrected chi connectivity index (χ3v) is 3.36. The molecule has 0 bridgehead atoms. The molecule has 2 aromatic carbocycles. The van der Waals surface area contributed by atoms with Crippen molar-refractivity contribution in [1.82, 2.24) is 5.32 Å². The van der Waals surface area contributed by atoms with Gasteiger partial charge >= 0.3 is 0 Å². The van der Waals surface area contributed by atoms with Gasteiger partial charge in [-0.2, -0.15) is 0 Å². The van der Waals surface area contributed by atoms with Gasteiger partial charge in [0, 0.05) is 12.1 Å². The predicted molar refractivity (Wildman–Crippen MR) is 82.0 cm³/mol. The van der Waals surface area contributed by atoms with Crippen LogP contribution in [-0.4, -0.2) is 0 Å². The minimum Gasteiger partial charge on any atom is -0.303 e. The normalized spacial score (nSPS) is 13.7. The number of rotatable bonds is 6. The molecule has 0 aromatic heterocycles. The van der Waals surface area contributed by atoms with E-state index in [0.717, 1.165) is 6.42 Å². The smallest absolute Gasteiger partial charge is 0.0360 e. The van der Waals surface area contributed by atoms with E-state index >= 15 is 0 Å². The molecule has 0 amide bonds. The van der Waals surface area contributed by atoms with E-state index in [-0.39, 0.29) is 0 Å². The number of nitrogens with one attached hydrogen (secondary N) is 1. The van der Waals surface area contributed by atoms with Crippen molar-refractivity contribution < 1.29 is 0 Å². The number of hydrogen-bond acceptors (Lipinski definition) is 1. The van der Waals surface area contributed by atoms with Crippen LogP contribution in [0.15, 0.2) is 73.3 Å². The van der Waals surface area contributed by atoms with E-state index in [2.05, 4.69) is 79.5 Å². The van der Waals surface area contributed by atoms with Gasteiger partial charge in [-0.15, -0.1) is 6.58 Å². The molecule has 1 N–H and O–H groups in total. The summed E-state index contributed by atoms with van der Waals surface area (Å²) in [5.74, 6) is 0. The highest BCUT2D eigenvalue weighted by Gasteiger charge is 2.13. The van der Waals surface area contributed by atoms with Crippen molar-refractivity contribution in [2.24, 2.45) is 0 Å². The molecule has 1 nitrogen and oxygen atoms in total. The van der Waals surface area contributed by atoms with Crippen molar-refractivity contribution in [3.63, 3.8) is 0 Å². The molecule has 0 heterocycles. The second-order valence-corrected chi connectivity index (χ2v) is 4.79. The third-order valence-electron chi connectivity index (χ3n) is 3.36. The lowest BCUT2D eigenvalue weighted by molar-refractivity contribution is 0.470. The van der Waals surface area contributed by atoms with E-state index in [0.29, 0.717) is 12.1 Å². The van der Waals surface area contributed by atoms with Crippen molar-refractivity contribution >= 4 is 0 Å². The summed E-state index contributed by atoms with van der Waals surface area (Å²) in [6.45, 7) is 6.07. The molecule has 0 saturated carbocycles. The summed E-state index contributed by atoms with van der Waals surface area (Å²) >= 11 is 0. The lowest BCUT2D eigenvalue weighted by Gasteiger charge is -2.23. The Bertz CT molecular complexity index is 490. The zero-order valence-corrected chi connectivity index (χ0v) is 11.4. The topological polar surface area (TPSA) is 12.0 Å². The minimum absolute atomic E-state index is 0.314. The van der Waals surface area contributed by atoms with Crippen LogP contribution in [0.4, 0.5) is 0 Å². The maximum absolute atomic E-state index is 3.87. The maximum Gasteiger partial charge on any atom is 0.0360 e. The summed E-state index contributed by atoms with van der Waals surface area (Å²) in [6.07, 6.45) is 2.91. The summed E-state index contributed by atoms with van der Waals surface area (Å²) in [5, 5.41) is 3.68. The molecule has 0 spiro atoms. The molecular formula is C18H21N. The zero-order valence-electron chi connectivity index (χ0n) is 11.4.